The number of rotatable bonds is 5. The van der Waals surface area contributed by atoms with Gasteiger partial charge in [-0.15, -0.1) is 11.8 Å². The molecule has 5 nitrogen and oxygen atoms in total. The molecule has 0 spiro atoms. The Labute approximate surface area is 191 Å². The van der Waals surface area contributed by atoms with Crippen LogP contribution in [0.1, 0.15) is 18.2 Å². The Bertz CT molecular complexity index is 1140. The summed E-state index contributed by atoms with van der Waals surface area (Å²) in [6.45, 7) is 4.10. The molecule has 4 rings (SSSR count). The van der Waals surface area contributed by atoms with E-state index in [9.17, 15) is 9.59 Å². The van der Waals surface area contributed by atoms with Crippen molar-refractivity contribution in [3.05, 3.63) is 74.6 Å². The van der Waals surface area contributed by atoms with Crippen LogP contribution in [0.15, 0.2) is 67.9 Å². The van der Waals surface area contributed by atoms with Gasteiger partial charge >= 0.3 is 0 Å². The maximum atomic E-state index is 13.3. The summed E-state index contributed by atoms with van der Waals surface area (Å²) in [4.78, 5) is 31.2. The summed E-state index contributed by atoms with van der Waals surface area (Å²) in [7, 11) is 0. The first kappa shape index (κ1) is 21.2. The minimum atomic E-state index is -0.143. The first-order valence-corrected chi connectivity index (χ1v) is 12.1. The van der Waals surface area contributed by atoms with E-state index in [0.29, 0.717) is 15.3 Å². The summed E-state index contributed by atoms with van der Waals surface area (Å²) in [6.07, 6.45) is 0.766. The van der Waals surface area contributed by atoms with E-state index < -0.39 is 0 Å². The SMILES string of the molecule is Cc1ccc(-n2c(SCC(=O)Nc3ccc(Br)cc3)nc3c(c2=O)SC(C)C3)cc1. The van der Waals surface area contributed by atoms with Crippen LogP contribution in [0.4, 0.5) is 5.69 Å². The number of anilines is 1. The summed E-state index contributed by atoms with van der Waals surface area (Å²) in [5.41, 5.74) is 3.38. The molecule has 0 bridgehead atoms. The number of hydrogen-bond donors (Lipinski definition) is 1. The van der Waals surface area contributed by atoms with Gasteiger partial charge in [0, 0.05) is 21.8 Å². The zero-order valence-corrected chi connectivity index (χ0v) is 19.7. The van der Waals surface area contributed by atoms with E-state index in [-0.39, 0.29) is 17.2 Å². The molecule has 0 fully saturated rings. The van der Waals surface area contributed by atoms with Gasteiger partial charge in [-0.05, 0) is 43.3 Å². The maximum Gasteiger partial charge on any atom is 0.272 e. The molecule has 1 N–H and O–H groups in total. The first-order valence-electron chi connectivity index (χ1n) is 9.48. The Kier molecular flexibility index (Phi) is 6.36. The molecule has 1 aliphatic rings. The van der Waals surface area contributed by atoms with Crippen molar-refractivity contribution in [2.75, 3.05) is 11.1 Å². The van der Waals surface area contributed by atoms with Crippen LogP contribution in [-0.2, 0) is 11.2 Å². The van der Waals surface area contributed by atoms with Gasteiger partial charge in [0.15, 0.2) is 5.16 Å². The van der Waals surface area contributed by atoms with Crippen molar-refractivity contribution >= 4 is 51.0 Å². The number of carbonyl (C=O) groups is 1. The number of thioether (sulfide) groups is 2. The third-order valence-corrected chi connectivity index (χ3v) is 7.32. The standard InChI is InChI=1S/C22H20BrN3O2S2/c1-13-3-9-17(10-4-13)26-21(28)20-18(11-14(2)30-20)25-22(26)29-12-19(27)24-16-7-5-15(23)6-8-16/h3-10,14H,11-12H2,1-2H3,(H,24,27). The summed E-state index contributed by atoms with van der Waals surface area (Å²) >= 11 is 6.24. The second-order valence-electron chi connectivity index (χ2n) is 7.12. The molecule has 0 saturated carbocycles. The van der Waals surface area contributed by atoms with Gasteiger partial charge in [-0.3, -0.25) is 14.2 Å². The lowest BCUT2D eigenvalue weighted by molar-refractivity contribution is -0.113. The average molecular weight is 502 g/mol. The molecule has 2 heterocycles. The van der Waals surface area contributed by atoms with E-state index in [0.717, 1.165) is 33.5 Å². The number of nitrogens with one attached hydrogen (secondary N) is 1. The summed E-state index contributed by atoms with van der Waals surface area (Å²) in [6, 6.07) is 15.2. The Morgan fingerprint density at radius 3 is 2.63 bits per heavy atom. The highest BCUT2D eigenvalue weighted by Gasteiger charge is 2.27. The van der Waals surface area contributed by atoms with Crippen LogP contribution in [0.3, 0.4) is 0 Å². The highest BCUT2D eigenvalue weighted by atomic mass is 79.9. The number of amides is 1. The Balaban J connectivity index is 1.61. The third kappa shape index (κ3) is 4.66. The van der Waals surface area contributed by atoms with Crippen LogP contribution < -0.4 is 10.9 Å². The number of nitrogens with zero attached hydrogens (tertiary/aromatic N) is 2. The van der Waals surface area contributed by atoms with Gasteiger partial charge in [0.05, 0.1) is 22.0 Å². The molecule has 30 heavy (non-hydrogen) atoms. The van der Waals surface area contributed by atoms with Crippen molar-refractivity contribution in [3.8, 4) is 5.69 Å². The minimum Gasteiger partial charge on any atom is -0.325 e. The molecule has 0 radical (unpaired) electrons. The number of hydrogen-bond acceptors (Lipinski definition) is 5. The molecule has 0 aliphatic carbocycles. The summed E-state index contributed by atoms with van der Waals surface area (Å²) in [5.74, 6) is 0.0193. The molecule has 2 aromatic carbocycles. The fraction of sp³-hybridized carbons (Fsp3) is 0.227. The summed E-state index contributed by atoms with van der Waals surface area (Å²) in [5, 5.41) is 3.75. The van der Waals surface area contributed by atoms with Gasteiger partial charge in [-0.2, -0.15) is 0 Å². The van der Waals surface area contributed by atoms with Gasteiger partial charge in [0.2, 0.25) is 5.91 Å². The molecular formula is C22H20BrN3O2S2. The van der Waals surface area contributed by atoms with E-state index in [1.165, 1.54) is 11.8 Å². The fourth-order valence-corrected chi connectivity index (χ4v) is 5.37. The largest absolute Gasteiger partial charge is 0.325 e. The zero-order valence-electron chi connectivity index (χ0n) is 16.5. The number of halogens is 1. The molecule has 1 aromatic heterocycles. The van der Waals surface area contributed by atoms with Crippen molar-refractivity contribution in [1.29, 1.82) is 0 Å². The highest BCUT2D eigenvalue weighted by molar-refractivity contribution is 9.10. The molecule has 1 unspecified atom stereocenters. The van der Waals surface area contributed by atoms with E-state index in [2.05, 4.69) is 28.2 Å². The minimum absolute atomic E-state index is 0.0611. The lowest BCUT2D eigenvalue weighted by Gasteiger charge is -2.14. The predicted octanol–water partition coefficient (Wildman–Crippen LogP) is 5.07. The maximum absolute atomic E-state index is 13.3. The molecule has 0 saturated heterocycles. The molecule has 1 aliphatic heterocycles. The van der Waals surface area contributed by atoms with Crippen LogP contribution in [0.2, 0.25) is 0 Å². The van der Waals surface area contributed by atoms with E-state index in [1.807, 2.05) is 55.5 Å². The molecule has 8 heteroatoms. The molecule has 154 valence electrons. The smallest absolute Gasteiger partial charge is 0.272 e. The average Bonchev–Trinajstić information content (AvgIpc) is 3.10. The number of fused-ring (bicyclic) bond motifs is 1. The van der Waals surface area contributed by atoms with Gasteiger partial charge in [0.1, 0.15) is 0 Å². The van der Waals surface area contributed by atoms with Crippen molar-refractivity contribution < 1.29 is 4.79 Å². The number of aryl methyl sites for hydroxylation is 1. The van der Waals surface area contributed by atoms with Crippen molar-refractivity contribution in [1.82, 2.24) is 9.55 Å². The second kappa shape index (κ2) is 8.99. The van der Waals surface area contributed by atoms with E-state index >= 15 is 0 Å². The van der Waals surface area contributed by atoms with Crippen LogP contribution in [-0.4, -0.2) is 26.5 Å². The summed E-state index contributed by atoms with van der Waals surface area (Å²) < 4.78 is 2.58. The zero-order chi connectivity index (χ0) is 21.3. The van der Waals surface area contributed by atoms with E-state index in [1.54, 1.807) is 16.3 Å². The van der Waals surface area contributed by atoms with Crippen LogP contribution in [0.25, 0.3) is 5.69 Å². The molecule has 3 aromatic rings. The Morgan fingerprint density at radius 2 is 1.93 bits per heavy atom. The highest BCUT2D eigenvalue weighted by Crippen LogP contribution is 2.34. The topological polar surface area (TPSA) is 64.0 Å². The van der Waals surface area contributed by atoms with Crippen LogP contribution in [0, 0.1) is 6.92 Å². The predicted molar refractivity (Wildman–Crippen MR) is 127 cm³/mol. The van der Waals surface area contributed by atoms with Crippen LogP contribution in [0.5, 0.6) is 0 Å². The van der Waals surface area contributed by atoms with E-state index in [4.69, 9.17) is 4.98 Å². The molecule has 1 amide bonds. The van der Waals surface area contributed by atoms with Crippen molar-refractivity contribution in [3.63, 3.8) is 0 Å². The number of benzene rings is 2. The lowest BCUT2D eigenvalue weighted by Crippen LogP contribution is -2.24. The van der Waals surface area contributed by atoms with Gasteiger partial charge in [-0.1, -0.05) is 52.3 Å². The number of aromatic nitrogens is 2. The third-order valence-electron chi connectivity index (χ3n) is 4.63. The molecular weight excluding hydrogens is 482 g/mol. The van der Waals surface area contributed by atoms with Crippen molar-refractivity contribution in [2.24, 2.45) is 0 Å². The number of carbonyl (C=O) groups excluding carboxylic acids is 1. The lowest BCUT2D eigenvalue weighted by atomic mass is 10.2. The quantitative estimate of drug-likeness (QED) is 0.390. The molecule has 1 atom stereocenters. The fourth-order valence-electron chi connectivity index (χ4n) is 3.18. The second-order valence-corrected chi connectivity index (χ2v) is 10.4. The van der Waals surface area contributed by atoms with Gasteiger partial charge in [0.25, 0.3) is 5.56 Å². The monoisotopic (exact) mass is 501 g/mol. The van der Waals surface area contributed by atoms with Crippen LogP contribution >= 0.6 is 39.5 Å². The van der Waals surface area contributed by atoms with Gasteiger partial charge < -0.3 is 5.32 Å². The normalized spacial score (nSPS) is 15.1. The Morgan fingerprint density at radius 1 is 1.23 bits per heavy atom. The van der Waals surface area contributed by atoms with Gasteiger partial charge in [-0.25, -0.2) is 4.98 Å². The van der Waals surface area contributed by atoms with Crippen molar-refractivity contribution in [2.45, 2.75) is 35.6 Å². The Hall–Kier alpha value is -2.03. The first-order chi connectivity index (χ1) is 14.4.